The summed E-state index contributed by atoms with van der Waals surface area (Å²) in [6.45, 7) is 2.95. The molecule has 3 heterocycles. The number of fused-ring (bicyclic) bond motifs is 1. The molecule has 0 saturated carbocycles. The maximum absolute atomic E-state index is 12.7. The van der Waals surface area contributed by atoms with E-state index in [1.54, 1.807) is 42.6 Å². The highest BCUT2D eigenvalue weighted by Crippen LogP contribution is 2.27. The molecule has 0 amide bonds. The van der Waals surface area contributed by atoms with Crippen molar-refractivity contribution in [1.29, 1.82) is 0 Å². The minimum absolute atomic E-state index is 0.202. The van der Waals surface area contributed by atoms with E-state index >= 15 is 0 Å². The van der Waals surface area contributed by atoms with E-state index in [4.69, 9.17) is 4.98 Å². The van der Waals surface area contributed by atoms with E-state index in [9.17, 15) is 8.42 Å². The molecule has 0 radical (unpaired) electrons. The first-order valence-corrected chi connectivity index (χ1v) is 15.2. The number of piperidine rings is 1. The maximum Gasteiger partial charge on any atom is 0.261 e. The van der Waals surface area contributed by atoms with Crippen LogP contribution in [0.25, 0.3) is 22.2 Å². The predicted octanol–water partition coefficient (Wildman–Crippen LogP) is 4.41. The number of thioether (sulfide) groups is 1. The van der Waals surface area contributed by atoms with Crippen molar-refractivity contribution in [2.24, 2.45) is 0 Å². The van der Waals surface area contributed by atoms with Crippen molar-refractivity contribution in [3.63, 3.8) is 0 Å². The highest BCUT2D eigenvalue weighted by atomic mass is 32.2. The molecule has 0 spiro atoms. The normalized spacial score (nSPS) is 14.7. The first kappa shape index (κ1) is 25.4. The van der Waals surface area contributed by atoms with Gasteiger partial charge in [0.2, 0.25) is 0 Å². The third-order valence-corrected chi connectivity index (χ3v) is 8.47. The number of benzene rings is 2. The van der Waals surface area contributed by atoms with Gasteiger partial charge in [-0.1, -0.05) is 24.3 Å². The van der Waals surface area contributed by atoms with Gasteiger partial charge >= 0.3 is 0 Å². The molecule has 5 rings (SSSR count). The smallest absolute Gasteiger partial charge is 0.261 e. The van der Waals surface area contributed by atoms with Crippen LogP contribution in [0.2, 0.25) is 0 Å². The highest BCUT2D eigenvalue weighted by Gasteiger charge is 2.20. The Morgan fingerprint density at radius 2 is 1.78 bits per heavy atom. The number of sulfonamides is 1. The fraction of sp³-hybridized carbons (Fsp3) is 0.296. The number of nitrogens with one attached hydrogen (secondary N) is 2. The van der Waals surface area contributed by atoms with E-state index in [0.717, 1.165) is 66.2 Å². The lowest BCUT2D eigenvalue weighted by atomic mass is 10.1. The van der Waals surface area contributed by atoms with Gasteiger partial charge in [0.15, 0.2) is 0 Å². The molecule has 192 valence electrons. The Morgan fingerprint density at radius 1 is 0.973 bits per heavy atom. The number of anilines is 2. The predicted molar refractivity (Wildman–Crippen MR) is 152 cm³/mol. The van der Waals surface area contributed by atoms with Crippen molar-refractivity contribution in [3.8, 4) is 11.1 Å². The third-order valence-electron chi connectivity index (χ3n) is 6.46. The van der Waals surface area contributed by atoms with Gasteiger partial charge in [-0.2, -0.15) is 11.8 Å². The molecule has 0 atom stereocenters. The molecule has 1 aliphatic heterocycles. The number of pyridine rings is 1. The summed E-state index contributed by atoms with van der Waals surface area (Å²) in [7, 11) is -3.70. The van der Waals surface area contributed by atoms with Crippen LogP contribution in [0.15, 0.2) is 78.1 Å². The van der Waals surface area contributed by atoms with Crippen LogP contribution in [-0.4, -0.2) is 61.1 Å². The minimum atomic E-state index is -3.70. The number of hydrogen-bond donors (Lipinski definition) is 2. The Labute approximate surface area is 222 Å². The maximum atomic E-state index is 12.7. The van der Waals surface area contributed by atoms with E-state index < -0.39 is 10.0 Å². The first-order valence-electron chi connectivity index (χ1n) is 12.3. The molecule has 10 heteroatoms. The Balaban J connectivity index is 1.33. The van der Waals surface area contributed by atoms with Gasteiger partial charge in [0, 0.05) is 43.2 Å². The summed E-state index contributed by atoms with van der Waals surface area (Å²) in [4.78, 5) is 16.3. The van der Waals surface area contributed by atoms with Crippen LogP contribution in [0.4, 0.5) is 11.5 Å². The Kier molecular flexibility index (Phi) is 7.87. The van der Waals surface area contributed by atoms with E-state index in [1.807, 2.05) is 36.2 Å². The second-order valence-corrected chi connectivity index (χ2v) is 11.7. The first-order chi connectivity index (χ1) is 18.0. The summed E-state index contributed by atoms with van der Waals surface area (Å²) in [6.07, 6.45) is 9.38. The highest BCUT2D eigenvalue weighted by molar-refractivity contribution is 7.98. The fourth-order valence-corrected chi connectivity index (χ4v) is 5.86. The summed E-state index contributed by atoms with van der Waals surface area (Å²) < 4.78 is 28.1. The number of rotatable bonds is 9. The molecule has 0 unspecified atom stereocenters. The quantitative estimate of drug-likeness (QED) is 0.305. The van der Waals surface area contributed by atoms with Gasteiger partial charge in [0.25, 0.3) is 10.0 Å². The van der Waals surface area contributed by atoms with Crippen LogP contribution < -0.4 is 14.9 Å². The van der Waals surface area contributed by atoms with E-state index in [1.165, 1.54) is 6.20 Å². The molecule has 1 saturated heterocycles. The van der Waals surface area contributed by atoms with Gasteiger partial charge in [0.1, 0.15) is 5.82 Å². The molecule has 2 aromatic carbocycles. The molecule has 1 aliphatic rings. The largest absolute Gasteiger partial charge is 0.355 e. The van der Waals surface area contributed by atoms with Crippen molar-refractivity contribution in [3.05, 3.63) is 73.2 Å². The average Bonchev–Trinajstić information content (AvgIpc) is 2.93. The molecular formula is C27H30N6O2S2. The van der Waals surface area contributed by atoms with Crippen molar-refractivity contribution in [2.45, 2.75) is 23.8 Å². The van der Waals surface area contributed by atoms with Crippen LogP contribution in [-0.2, 0) is 10.0 Å². The monoisotopic (exact) mass is 534 g/mol. The second kappa shape index (κ2) is 11.5. The van der Waals surface area contributed by atoms with Gasteiger partial charge in [-0.3, -0.25) is 14.7 Å². The fourth-order valence-electron chi connectivity index (χ4n) is 4.48. The van der Waals surface area contributed by atoms with Crippen LogP contribution in [0, 0.1) is 0 Å². The summed E-state index contributed by atoms with van der Waals surface area (Å²) in [6, 6.07) is 16.5. The van der Waals surface area contributed by atoms with Gasteiger partial charge < -0.3 is 10.2 Å². The standard InChI is InChI=1S/C27H30N6O2S2/c1-36-14-11-29-22-9-12-33(13-10-22)27-19-30-25-8-7-20(16-26(25)31-27)21-15-23(18-28-17-21)32-37(34,35)24-5-3-2-4-6-24/h2-8,15-19,22,29,32H,9-14H2,1H3. The Hall–Kier alpha value is -3.21. The van der Waals surface area contributed by atoms with Crippen molar-refractivity contribution >= 4 is 44.3 Å². The molecule has 8 nitrogen and oxygen atoms in total. The Morgan fingerprint density at radius 3 is 2.57 bits per heavy atom. The zero-order valence-electron chi connectivity index (χ0n) is 20.7. The van der Waals surface area contributed by atoms with Gasteiger partial charge in [0.05, 0.1) is 34.0 Å². The van der Waals surface area contributed by atoms with Crippen molar-refractivity contribution in [1.82, 2.24) is 20.3 Å². The van der Waals surface area contributed by atoms with Crippen molar-refractivity contribution < 1.29 is 8.42 Å². The summed E-state index contributed by atoms with van der Waals surface area (Å²) >= 11 is 1.86. The lowest BCUT2D eigenvalue weighted by Crippen LogP contribution is -2.43. The third kappa shape index (κ3) is 6.20. The minimum Gasteiger partial charge on any atom is -0.355 e. The molecule has 2 aromatic heterocycles. The number of nitrogens with zero attached hydrogens (tertiary/aromatic N) is 4. The van der Waals surface area contributed by atoms with E-state index in [2.05, 4.69) is 31.2 Å². The topological polar surface area (TPSA) is 100 Å². The average molecular weight is 535 g/mol. The Bertz CT molecular complexity index is 1460. The van der Waals surface area contributed by atoms with Crippen LogP contribution in [0.5, 0.6) is 0 Å². The molecular weight excluding hydrogens is 504 g/mol. The molecule has 0 bridgehead atoms. The second-order valence-electron chi connectivity index (χ2n) is 9.02. The van der Waals surface area contributed by atoms with Crippen LogP contribution in [0.1, 0.15) is 12.8 Å². The zero-order chi connectivity index (χ0) is 25.7. The van der Waals surface area contributed by atoms with Crippen molar-refractivity contribution in [2.75, 3.05) is 41.3 Å². The molecule has 0 aliphatic carbocycles. The summed E-state index contributed by atoms with van der Waals surface area (Å²) in [5, 5.41) is 3.65. The number of hydrogen-bond acceptors (Lipinski definition) is 8. The lowest BCUT2D eigenvalue weighted by Gasteiger charge is -2.33. The van der Waals surface area contributed by atoms with Gasteiger partial charge in [-0.15, -0.1) is 0 Å². The summed E-state index contributed by atoms with van der Waals surface area (Å²) in [5.74, 6) is 2.02. The van der Waals surface area contributed by atoms with E-state index in [0.29, 0.717) is 11.7 Å². The van der Waals surface area contributed by atoms with Gasteiger partial charge in [-0.25, -0.2) is 13.4 Å². The lowest BCUT2D eigenvalue weighted by molar-refractivity contribution is 0.423. The van der Waals surface area contributed by atoms with Crippen LogP contribution >= 0.6 is 11.8 Å². The summed E-state index contributed by atoms with van der Waals surface area (Å²) in [5.41, 5.74) is 3.69. The SMILES string of the molecule is CSCCNC1CCN(c2cnc3ccc(-c4cncc(NS(=O)(=O)c5ccccc5)c4)cc3n2)CC1. The molecule has 4 aromatic rings. The number of aromatic nitrogens is 3. The zero-order valence-corrected chi connectivity index (χ0v) is 22.3. The van der Waals surface area contributed by atoms with E-state index in [-0.39, 0.29) is 4.90 Å². The molecule has 37 heavy (non-hydrogen) atoms. The van der Waals surface area contributed by atoms with Crippen LogP contribution in [0.3, 0.4) is 0 Å². The molecule has 1 fully saturated rings. The molecule has 2 N–H and O–H groups in total. The van der Waals surface area contributed by atoms with Gasteiger partial charge in [-0.05, 0) is 55.0 Å².